The molecular formula is C13H15FNO3+. The molecule has 2 aliphatic rings. The lowest BCUT2D eigenvalue weighted by Crippen LogP contribution is -2.32. The summed E-state index contributed by atoms with van der Waals surface area (Å²) in [7, 11) is 1.21. The van der Waals surface area contributed by atoms with Crippen LogP contribution in [0.4, 0.5) is 10.1 Å². The minimum atomic E-state index is -0.620. The van der Waals surface area contributed by atoms with Crippen molar-refractivity contribution in [1.82, 2.24) is 0 Å². The van der Waals surface area contributed by atoms with Crippen molar-refractivity contribution in [3.8, 4) is 5.75 Å². The number of halogens is 1. The summed E-state index contributed by atoms with van der Waals surface area (Å²) in [6.07, 6.45) is 3.04. The highest BCUT2D eigenvalue weighted by Gasteiger charge is 2.48. The quantitative estimate of drug-likeness (QED) is 0.776. The van der Waals surface area contributed by atoms with Gasteiger partial charge in [0.1, 0.15) is 11.4 Å². The van der Waals surface area contributed by atoms with Gasteiger partial charge in [0.25, 0.3) is 4.92 Å². The molecule has 1 aromatic rings. The van der Waals surface area contributed by atoms with Gasteiger partial charge in [0.05, 0.1) is 4.91 Å². The molecule has 1 aliphatic carbocycles. The molecular weight excluding hydrogens is 237 g/mol. The Morgan fingerprint density at radius 1 is 1.50 bits per heavy atom. The molecule has 18 heavy (non-hydrogen) atoms. The van der Waals surface area contributed by atoms with Gasteiger partial charge in [-0.1, -0.05) is 0 Å². The van der Waals surface area contributed by atoms with Crippen molar-refractivity contribution in [2.45, 2.75) is 31.8 Å². The number of benzene rings is 1. The minimum Gasteiger partial charge on any atom is -0.487 e. The zero-order chi connectivity index (χ0) is 12.9. The lowest BCUT2D eigenvalue weighted by molar-refractivity contribution is -0.737. The fraction of sp³-hybridized carbons (Fsp3) is 0.538. The van der Waals surface area contributed by atoms with Crippen LogP contribution in [0, 0.1) is 16.6 Å². The summed E-state index contributed by atoms with van der Waals surface area (Å²) < 4.78 is 19.6. The van der Waals surface area contributed by atoms with Gasteiger partial charge in [0.15, 0.2) is 7.11 Å². The van der Waals surface area contributed by atoms with Crippen LogP contribution in [0.2, 0.25) is 0 Å². The number of ether oxygens (including phenoxy) is 1. The third kappa shape index (κ3) is 1.65. The molecule has 3 rings (SSSR count). The van der Waals surface area contributed by atoms with Crippen molar-refractivity contribution in [2.24, 2.45) is 5.92 Å². The maximum absolute atomic E-state index is 13.7. The lowest BCUT2D eigenvalue weighted by Gasteiger charge is -2.23. The van der Waals surface area contributed by atoms with E-state index in [0.29, 0.717) is 11.7 Å². The van der Waals surface area contributed by atoms with Gasteiger partial charge in [-0.3, -0.25) is 0 Å². The first-order valence-electron chi connectivity index (χ1n) is 6.06. The molecule has 0 aromatic heterocycles. The van der Waals surface area contributed by atoms with E-state index in [-0.39, 0.29) is 16.2 Å². The Labute approximate surface area is 104 Å². The van der Waals surface area contributed by atoms with Crippen LogP contribution in [-0.4, -0.2) is 17.6 Å². The molecule has 0 bridgehead atoms. The summed E-state index contributed by atoms with van der Waals surface area (Å²) in [4.78, 5) is 16.0. The molecule has 1 heterocycles. The molecule has 0 saturated heterocycles. The molecule has 0 amide bonds. The second-order valence-electron chi connectivity index (χ2n) is 5.22. The van der Waals surface area contributed by atoms with E-state index in [1.54, 1.807) is 0 Å². The van der Waals surface area contributed by atoms with Crippen LogP contribution in [0.5, 0.6) is 5.75 Å². The van der Waals surface area contributed by atoms with Crippen molar-refractivity contribution in [3.63, 3.8) is 0 Å². The molecule has 1 saturated carbocycles. The van der Waals surface area contributed by atoms with E-state index in [1.165, 1.54) is 19.2 Å². The Morgan fingerprint density at radius 3 is 2.83 bits per heavy atom. The van der Waals surface area contributed by atoms with Crippen molar-refractivity contribution >= 4 is 5.69 Å². The van der Waals surface area contributed by atoms with Crippen LogP contribution in [-0.2, 0) is 11.3 Å². The minimum absolute atomic E-state index is 0.0973. The van der Waals surface area contributed by atoms with E-state index in [4.69, 9.17) is 4.74 Å². The number of fused-ring (bicyclic) bond motifs is 1. The van der Waals surface area contributed by atoms with Gasteiger partial charge < -0.3 is 4.74 Å². The van der Waals surface area contributed by atoms with Crippen molar-refractivity contribution < 1.29 is 18.9 Å². The summed E-state index contributed by atoms with van der Waals surface area (Å²) in [6, 6.07) is 2.80. The molecule has 1 unspecified atom stereocenters. The van der Waals surface area contributed by atoms with Crippen LogP contribution < -0.4 is 4.74 Å². The van der Waals surface area contributed by atoms with E-state index >= 15 is 0 Å². The summed E-state index contributed by atoms with van der Waals surface area (Å²) in [5.74, 6) is 0.475. The van der Waals surface area contributed by atoms with Gasteiger partial charge in [0, 0.05) is 24.1 Å². The maximum Gasteiger partial charge on any atom is 0.352 e. The molecule has 0 radical (unpaired) electrons. The highest BCUT2D eigenvalue weighted by Crippen LogP contribution is 2.49. The lowest BCUT2D eigenvalue weighted by atomic mass is 9.94. The summed E-state index contributed by atoms with van der Waals surface area (Å²) >= 11 is 0. The first-order chi connectivity index (χ1) is 8.53. The average molecular weight is 252 g/mol. The van der Waals surface area contributed by atoms with Gasteiger partial charge in [0.2, 0.25) is 5.82 Å². The zero-order valence-corrected chi connectivity index (χ0v) is 10.4. The van der Waals surface area contributed by atoms with E-state index in [1.807, 2.05) is 6.92 Å². The fourth-order valence-electron chi connectivity index (χ4n) is 2.65. The monoisotopic (exact) mass is 252 g/mol. The van der Waals surface area contributed by atoms with E-state index < -0.39 is 5.82 Å². The molecule has 96 valence electrons. The summed E-state index contributed by atoms with van der Waals surface area (Å²) in [6.45, 7) is 2.05. The third-order valence-electron chi connectivity index (χ3n) is 3.82. The largest absolute Gasteiger partial charge is 0.487 e. The molecule has 0 N–H and O–H groups in total. The standard InChI is InChI=1S/C13H15FNO3/c1-13(9-3-4-9)7-8-5-11(15(16)17-2)10(14)6-12(8)18-13/h5-6,9H,3-4,7H2,1-2H3/q+1. The van der Waals surface area contributed by atoms with Crippen molar-refractivity contribution in [2.75, 3.05) is 7.11 Å². The first-order valence-corrected chi connectivity index (χ1v) is 6.06. The van der Waals surface area contributed by atoms with E-state index in [2.05, 4.69) is 4.84 Å². The molecule has 5 heteroatoms. The van der Waals surface area contributed by atoms with Gasteiger partial charge in [-0.05, 0) is 25.7 Å². The highest BCUT2D eigenvalue weighted by molar-refractivity contribution is 5.48. The van der Waals surface area contributed by atoms with Crippen LogP contribution in [0.3, 0.4) is 0 Å². The Balaban J connectivity index is 1.97. The Kier molecular flexibility index (Phi) is 2.33. The molecule has 1 aliphatic heterocycles. The normalized spacial score (nSPS) is 25.5. The van der Waals surface area contributed by atoms with Crippen LogP contribution in [0.1, 0.15) is 25.3 Å². The smallest absolute Gasteiger partial charge is 0.352 e. The summed E-state index contributed by atoms with van der Waals surface area (Å²) in [5.41, 5.74) is 0.535. The maximum atomic E-state index is 13.7. The SMILES string of the molecule is CO[N+](=O)c1cc2c(cc1F)OC(C)(C1CC1)C2. The van der Waals surface area contributed by atoms with Crippen molar-refractivity contribution in [1.29, 1.82) is 0 Å². The Bertz CT molecular complexity index is 527. The fourth-order valence-corrected chi connectivity index (χ4v) is 2.65. The predicted octanol–water partition coefficient (Wildman–Crippen LogP) is 2.90. The number of rotatable bonds is 3. The number of hydrogen-bond acceptors (Lipinski definition) is 3. The van der Waals surface area contributed by atoms with Crippen LogP contribution >= 0.6 is 0 Å². The van der Waals surface area contributed by atoms with E-state index in [9.17, 15) is 9.30 Å². The van der Waals surface area contributed by atoms with Crippen LogP contribution in [0.25, 0.3) is 0 Å². The second-order valence-corrected chi connectivity index (χ2v) is 5.22. The Morgan fingerprint density at radius 2 is 2.22 bits per heavy atom. The van der Waals surface area contributed by atoms with Gasteiger partial charge in [-0.2, -0.15) is 4.39 Å². The highest BCUT2D eigenvalue weighted by atomic mass is 19.1. The topological polar surface area (TPSA) is 38.5 Å². The number of hydrogen-bond donors (Lipinski definition) is 0. The van der Waals surface area contributed by atoms with Crippen LogP contribution in [0.15, 0.2) is 12.1 Å². The predicted molar refractivity (Wildman–Crippen MR) is 62.2 cm³/mol. The molecule has 1 aromatic carbocycles. The summed E-state index contributed by atoms with van der Waals surface area (Å²) in [5, 5.41) is 0. The van der Waals surface area contributed by atoms with E-state index in [0.717, 1.165) is 24.8 Å². The Hall–Kier alpha value is -1.65. The first kappa shape index (κ1) is 11.4. The van der Waals surface area contributed by atoms with Gasteiger partial charge in [-0.15, -0.1) is 0 Å². The number of nitrogens with zero attached hydrogens (tertiary/aromatic N) is 1. The van der Waals surface area contributed by atoms with Crippen molar-refractivity contribution in [3.05, 3.63) is 28.4 Å². The van der Waals surface area contributed by atoms with Gasteiger partial charge in [-0.25, -0.2) is 4.84 Å². The zero-order valence-electron chi connectivity index (χ0n) is 10.4. The third-order valence-corrected chi connectivity index (χ3v) is 3.82. The average Bonchev–Trinajstić information content (AvgIpc) is 3.12. The molecule has 1 atom stereocenters. The second kappa shape index (κ2) is 3.67. The molecule has 0 spiro atoms. The molecule has 1 fully saturated rings. The molecule has 4 nitrogen and oxygen atoms in total. The van der Waals surface area contributed by atoms with Gasteiger partial charge >= 0.3 is 5.69 Å².